The highest BCUT2D eigenvalue weighted by Crippen LogP contribution is 2.36. The average molecular weight is 500 g/mol. The predicted molar refractivity (Wildman–Crippen MR) is 143 cm³/mol. The van der Waals surface area contributed by atoms with Gasteiger partial charge in [0.05, 0.1) is 5.57 Å². The molecule has 0 atom stereocenters. The van der Waals surface area contributed by atoms with Crippen LogP contribution in [0.2, 0.25) is 0 Å². The van der Waals surface area contributed by atoms with Gasteiger partial charge in [0.1, 0.15) is 6.67 Å². The highest BCUT2D eigenvalue weighted by atomic mass is 19.4. The van der Waals surface area contributed by atoms with Gasteiger partial charge in [-0.05, 0) is 64.7 Å². The van der Waals surface area contributed by atoms with E-state index in [0.717, 1.165) is 25.3 Å². The highest BCUT2D eigenvalue weighted by Gasteiger charge is 2.34. The summed E-state index contributed by atoms with van der Waals surface area (Å²) in [4.78, 5) is 13.6. The number of aromatic amines is 1. The van der Waals surface area contributed by atoms with Crippen molar-refractivity contribution in [3.05, 3.63) is 61.1 Å². The fourth-order valence-electron chi connectivity index (χ4n) is 3.80. The molecule has 36 heavy (non-hydrogen) atoms. The lowest BCUT2D eigenvalue weighted by Crippen LogP contribution is -2.23. The molecule has 7 nitrogen and oxygen atoms in total. The van der Waals surface area contributed by atoms with Crippen LogP contribution in [0.25, 0.3) is 16.5 Å². The van der Waals surface area contributed by atoms with Crippen LogP contribution in [0.1, 0.15) is 32.3 Å². The maximum atomic E-state index is 13.2. The van der Waals surface area contributed by atoms with Crippen LogP contribution in [0.4, 0.5) is 18.9 Å². The summed E-state index contributed by atoms with van der Waals surface area (Å²) in [5, 5.41) is 9.81. The number of amidine groups is 1. The molecule has 0 bridgehead atoms. The van der Waals surface area contributed by atoms with Gasteiger partial charge in [0.2, 0.25) is 0 Å². The second-order valence-corrected chi connectivity index (χ2v) is 8.57. The third kappa shape index (κ3) is 7.42. The zero-order chi connectivity index (χ0) is 26.1. The van der Waals surface area contributed by atoms with Gasteiger partial charge in [0, 0.05) is 59.1 Å². The summed E-state index contributed by atoms with van der Waals surface area (Å²) < 4.78 is 39.6. The normalized spacial score (nSPS) is 15.2. The van der Waals surface area contributed by atoms with E-state index in [1.54, 1.807) is 29.3 Å². The van der Waals surface area contributed by atoms with Crippen molar-refractivity contribution in [2.24, 2.45) is 15.1 Å². The standard InChI is InChI=1S/C26H32F3N7/c1-19(2)34-36(15-7-14-35-12-5-6-13-35)25(10-11-30-4)33-18-32-21-8-9-24-22(16-21)23(17-31-24)20(3)26(27,28)29/h7-11,15-17,31-32H,3-6,12-14,18H2,1-2H3/b11-10-,15-7+,33-25+. The van der Waals surface area contributed by atoms with E-state index in [0.29, 0.717) is 22.4 Å². The first-order valence-corrected chi connectivity index (χ1v) is 11.7. The van der Waals surface area contributed by atoms with Crippen molar-refractivity contribution in [3.63, 3.8) is 0 Å². The van der Waals surface area contributed by atoms with E-state index >= 15 is 0 Å². The lowest BCUT2D eigenvalue weighted by Gasteiger charge is -2.17. The number of aliphatic imine (C=N–C) groups is 2. The number of hydrogen-bond donors (Lipinski definition) is 2. The molecule has 1 aromatic heterocycles. The minimum absolute atomic E-state index is 0.0207. The highest BCUT2D eigenvalue weighted by molar-refractivity contribution is 5.96. The average Bonchev–Trinajstić information content (AvgIpc) is 3.49. The Balaban J connectivity index is 1.79. The first kappa shape index (κ1) is 26.9. The van der Waals surface area contributed by atoms with Gasteiger partial charge in [-0.3, -0.25) is 9.89 Å². The fourth-order valence-corrected chi connectivity index (χ4v) is 3.80. The van der Waals surface area contributed by atoms with Crippen LogP contribution in [0, 0.1) is 0 Å². The molecule has 0 aliphatic carbocycles. The monoisotopic (exact) mass is 499 g/mol. The smallest absolute Gasteiger partial charge is 0.366 e. The number of hydrazone groups is 1. The van der Waals surface area contributed by atoms with Crippen molar-refractivity contribution in [1.29, 1.82) is 0 Å². The number of nitrogens with zero attached hydrogens (tertiary/aromatic N) is 5. The number of anilines is 1. The van der Waals surface area contributed by atoms with Gasteiger partial charge < -0.3 is 10.3 Å². The van der Waals surface area contributed by atoms with Crippen molar-refractivity contribution in [2.75, 3.05) is 31.6 Å². The molecule has 0 spiro atoms. The lowest BCUT2D eigenvalue weighted by molar-refractivity contribution is -0.0685. The second-order valence-electron chi connectivity index (χ2n) is 8.57. The summed E-state index contributed by atoms with van der Waals surface area (Å²) >= 11 is 0. The van der Waals surface area contributed by atoms with Gasteiger partial charge >= 0.3 is 6.18 Å². The van der Waals surface area contributed by atoms with Crippen LogP contribution in [0.5, 0.6) is 0 Å². The Morgan fingerprint density at radius 2 is 2.00 bits per heavy atom. The Bertz CT molecular complexity index is 1180. The van der Waals surface area contributed by atoms with Gasteiger partial charge in [0.25, 0.3) is 0 Å². The maximum absolute atomic E-state index is 13.2. The number of benzene rings is 1. The summed E-state index contributed by atoms with van der Waals surface area (Å²) in [6.45, 7) is 13.7. The van der Waals surface area contributed by atoms with E-state index in [9.17, 15) is 13.2 Å². The quantitative estimate of drug-likeness (QED) is 0.238. The molecular weight excluding hydrogens is 467 g/mol. The Morgan fingerprint density at radius 1 is 1.25 bits per heavy atom. The van der Waals surface area contributed by atoms with E-state index in [2.05, 4.69) is 43.6 Å². The van der Waals surface area contributed by atoms with Gasteiger partial charge in [-0.15, -0.1) is 0 Å². The van der Waals surface area contributed by atoms with E-state index in [1.807, 2.05) is 26.1 Å². The van der Waals surface area contributed by atoms with Crippen LogP contribution < -0.4 is 5.32 Å². The molecule has 10 heteroatoms. The SMILES string of the molecule is C=N/C=C\C(=N/CNc1ccc2[nH]cc(C(=C)C(F)(F)F)c2c1)N(/C=C/CN1CCCC1)N=C(C)C. The molecular formula is C26H32F3N7. The van der Waals surface area contributed by atoms with Crippen LogP contribution in [0.15, 0.2) is 70.6 Å². The number of alkyl halides is 3. The molecule has 0 radical (unpaired) electrons. The number of rotatable bonds is 10. The molecule has 0 amide bonds. The Hall–Kier alpha value is -3.66. The number of aromatic nitrogens is 1. The van der Waals surface area contributed by atoms with Crippen LogP contribution in [-0.2, 0) is 0 Å². The summed E-state index contributed by atoms with van der Waals surface area (Å²) in [5.41, 5.74) is 1.19. The number of halogens is 3. The van der Waals surface area contributed by atoms with Crippen LogP contribution in [0.3, 0.4) is 0 Å². The minimum atomic E-state index is -4.51. The molecule has 1 aromatic carbocycles. The zero-order valence-electron chi connectivity index (χ0n) is 20.6. The molecule has 2 heterocycles. The van der Waals surface area contributed by atoms with E-state index in [1.165, 1.54) is 25.2 Å². The molecule has 1 fully saturated rings. The molecule has 1 saturated heterocycles. The zero-order valence-corrected chi connectivity index (χ0v) is 20.6. The van der Waals surface area contributed by atoms with Crippen LogP contribution >= 0.6 is 0 Å². The number of H-pyrrole nitrogens is 1. The van der Waals surface area contributed by atoms with Crippen molar-refractivity contribution in [3.8, 4) is 0 Å². The second kappa shape index (κ2) is 12.3. The Labute approximate surface area is 209 Å². The number of fused-ring (bicyclic) bond motifs is 1. The number of allylic oxidation sites excluding steroid dienone is 1. The summed E-state index contributed by atoms with van der Waals surface area (Å²) in [5.74, 6) is 0.530. The van der Waals surface area contributed by atoms with E-state index < -0.39 is 11.7 Å². The van der Waals surface area contributed by atoms with E-state index in [4.69, 9.17) is 0 Å². The molecule has 0 saturated carbocycles. The minimum Gasteiger partial charge on any atom is -0.366 e. The molecule has 3 rings (SSSR count). The van der Waals surface area contributed by atoms with Crippen molar-refractivity contribution in [2.45, 2.75) is 32.9 Å². The summed E-state index contributed by atoms with van der Waals surface area (Å²) in [7, 11) is 0. The Morgan fingerprint density at radius 3 is 2.67 bits per heavy atom. The lowest BCUT2D eigenvalue weighted by atomic mass is 10.1. The summed E-state index contributed by atoms with van der Waals surface area (Å²) in [6.07, 6.45) is 6.40. The van der Waals surface area contributed by atoms with Crippen molar-refractivity contribution < 1.29 is 13.2 Å². The molecule has 2 aromatic rings. The third-order valence-corrected chi connectivity index (χ3v) is 5.55. The Kier molecular flexibility index (Phi) is 9.24. The predicted octanol–water partition coefficient (Wildman–Crippen LogP) is 6.03. The number of likely N-dealkylation sites (tertiary alicyclic amines) is 1. The maximum Gasteiger partial charge on any atom is 0.416 e. The summed E-state index contributed by atoms with van der Waals surface area (Å²) in [6, 6.07) is 5.14. The van der Waals surface area contributed by atoms with Crippen molar-refractivity contribution in [1.82, 2.24) is 14.9 Å². The molecule has 1 aliphatic rings. The van der Waals surface area contributed by atoms with Gasteiger partial charge in [-0.1, -0.05) is 12.7 Å². The van der Waals surface area contributed by atoms with Crippen LogP contribution in [-0.4, -0.2) is 65.6 Å². The van der Waals surface area contributed by atoms with Gasteiger partial charge in [-0.25, -0.2) is 10.0 Å². The molecule has 2 N–H and O–H groups in total. The first-order chi connectivity index (χ1) is 17.2. The fraction of sp³-hybridized carbons (Fsp3) is 0.346. The molecule has 1 aliphatic heterocycles. The first-order valence-electron chi connectivity index (χ1n) is 11.7. The van der Waals surface area contributed by atoms with Crippen molar-refractivity contribution >= 4 is 40.4 Å². The van der Waals surface area contributed by atoms with E-state index in [-0.39, 0.29) is 12.2 Å². The number of hydrogen-bond acceptors (Lipinski definition) is 5. The third-order valence-electron chi connectivity index (χ3n) is 5.55. The van der Waals surface area contributed by atoms with Gasteiger partial charge in [0.15, 0.2) is 5.84 Å². The largest absolute Gasteiger partial charge is 0.416 e. The number of nitrogens with one attached hydrogen (secondary N) is 2. The molecule has 192 valence electrons. The molecule has 0 unspecified atom stereocenters. The topological polar surface area (TPSA) is 71.4 Å². The van der Waals surface area contributed by atoms with Gasteiger partial charge in [-0.2, -0.15) is 18.3 Å².